The van der Waals surface area contributed by atoms with Gasteiger partial charge in [-0.1, -0.05) is 41.9 Å². The van der Waals surface area contributed by atoms with Gasteiger partial charge < -0.3 is 9.47 Å². The third-order valence-corrected chi connectivity index (χ3v) is 6.53. The molecule has 0 saturated heterocycles. The molecule has 33 heavy (non-hydrogen) atoms. The number of hydrogen-bond acceptors (Lipinski definition) is 6. The largest absolute Gasteiger partial charge is 0.493 e. The van der Waals surface area contributed by atoms with E-state index in [-0.39, 0.29) is 10.6 Å². The highest BCUT2D eigenvalue weighted by Gasteiger charge is 2.28. The maximum Gasteiger partial charge on any atom is 0.264 e. The highest BCUT2D eigenvalue weighted by molar-refractivity contribution is 7.92. The number of rotatable bonds is 9. The van der Waals surface area contributed by atoms with Gasteiger partial charge in [-0.3, -0.25) is 9.10 Å². The Morgan fingerprint density at radius 1 is 1.00 bits per heavy atom. The van der Waals surface area contributed by atoms with Crippen molar-refractivity contribution in [3.8, 4) is 11.5 Å². The Kier molecular flexibility index (Phi) is 7.92. The number of amides is 1. The third-order valence-electron chi connectivity index (χ3n) is 4.53. The molecule has 0 fully saturated rings. The molecule has 1 amide bonds. The van der Waals surface area contributed by atoms with E-state index in [2.05, 4.69) is 10.5 Å². The van der Waals surface area contributed by atoms with E-state index in [1.54, 1.807) is 54.6 Å². The molecular weight excluding hydrogens is 466 g/mol. The zero-order chi connectivity index (χ0) is 23.8. The molecule has 0 aliphatic heterocycles. The van der Waals surface area contributed by atoms with Crippen molar-refractivity contribution < 1.29 is 22.7 Å². The summed E-state index contributed by atoms with van der Waals surface area (Å²) in [6.07, 6.45) is 1.42. The number of nitrogens with one attached hydrogen (secondary N) is 1. The van der Waals surface area contributed by atoms with Crippen molar-refractivity contribution in [2.45, 2.75) is 4.90 Å². The van der Waals surface area contributed by atoms with E-state index >= 15 is 0 Å². The normalized spacial score (nSPS) is 11.2. The van der Waals surface area contributed by atoms with Crippen LogP contribution in [0.3, 0.4) is 0 Å². The minimum absolute atomic E-state index is 0.0563. The molecular formula is C23H22ClN3O5S. The second-order valence-electron chi connectivity index (χ2n) is 6.71. The van der Waals surface area contributed by atoms with Crippen molar-refractivity contribution in [3.63, 3.8) is 0 Å². The molecule has 3 rings (SSSR count). The fourth-order valence-corrected chi connectivity index (χ4v) is 4.58. The van der Waals surface area contributed by atoms with Crippen LogP contribution in [0.15, 0.2) is 82.8 Å². The summed E-state index contributed by atoms with van der Waals surface area (Å²) in [5, 5.41) is 4.42. The monoisotopic (exact) mass is 487 g/mol. The molecule has 0 aliphatic carbocycles. The number of hydrazone groups is 1. The summed E-state index contributed by atoms with van der Waals surface area (Å²) in [6, 6.07) is 19.4. The van der Waals surface area contributed by atoms with Crippen LogP contribution in [-0.4, -0.2) is 41.3 Å². The molecule has 0 saturated carbocycles. The molecule has 3 aromatic carbocycles. The Morgan fingerprint density at radius 3 is 2.39 bits per heavy atom. The van der Waals surface area contributed by atoms with Crippen molar-refractivity contribution in [2.24, 2.45) is 5.10 Å². The Labute approximate surface area is 197 Å². The third kappa shape index (κ3) is 6.03. The molecule has 8 nitrogen and oxygen atoms in total. The fourth-order valence-electron chi connectivity index (χ4n) is 2.95. The molecule has 0 unspecified atom stereocenters. The van der Waals surface area contributed by atoms with Crippen molar-refractivity contribution in [3.05, 3.63) is 83.4 Å². The quantitative estimate of drug-likeness (QED) is 0.366. The number of para-hydroxylation sites is 1. The topological polar surface area (TPSA) is 97.3 Å². The van der Waals surface area contributed by atoms with E-state index in [4.69, 9.17) is 21.1 Å². The van der Waals surface area contributed by atoms with Crippen molar-refractivity contribution in [2.75, 3.05) is 25.1 Å². The van der Waals surface area contributed by atoms with Crippen LogP contribution in [0.25, 0.3) is 0 Å². The van der Waals surface area contributed by atoms with E-state index < -0.39 is 22.5 Å². The van der Waals surface area contributed by atoms with Crippen LogP contribution in [0.4, 0.5) is 5.69 Å². The Morgan fingerprint density at radius 2 is 1.73 bits per heavy atom. The molecule has 1 N–H and O–H groups in total. The van der Waals surface area contributed by atoms with Gasteiger partial charge in [0, 0.05) is 11.1 Å². The van der Waals surface area contributed by atoms with Gasteiger partial charge in [-0.05, 0) is 42.0 Å². The Balaban J connectivity index is 1.87. The lowest BCUT2D eigenvalue weighted by Crippen LogP contribution is -2.39. The number of halogens is 1. The molecule has 0 radical (unpaired) electrons. The summed E-state index contributed by atoms with van der Waals surface area (Å²) in [5.41, 5.74) is 3.35. The molecule has 0 heterocycles. The van der Waals surface area contributed by atoms with Crippen LogP contribution >= 0.6 is 11.6 Å². The van der Waals surface area contributed by atoms with Gasteiger partial charge >= 0.3 is 0 Å². The van der Waals surface area contributed by atoms with Crippen molar-refractivity contribution in [1.82, 2.24) is 5.43 Å². The van der Waals surface area contributed by atoms with Crippen LogP contribution in [-0.2, 0) is 14.8 Å². The number of ether oxygens (including phenoxy) is 2. The van der Waals surface area contributed by atoms with Gasteiger partial charge in [-0.15, -0.1) is 0 Å². The summed E-state index contributed by atoms with van der Waals surface area (Å²) in [7, 11) is -1.26. The maximum absolute atomic E-state index is 13.5. The first kappa shape index (κ1) is 24.1. The SMILES string of the molecule is COc1ccc(S(=O)(=O)N(CC(=O)N/N=C\c2cccc(Cl)c2)c2ccccc2)cc1OC. The Bertz CT molecular complexity index is 1250. The number of carbonyl (C=O) groups excluding carboxylic acids is 1. The van der Waals surface area contributed by atoms with Gasteiger partial charge in [0.05, 0.1) is 31.0 Å². The zero-order valence-electron chi connectivity index (χ0n) is 17.9. The summed E-state index contributed by atoms with van der Waals surface area (Å²) in [5.74, 6) is 0.0131. The number of nitrogens with zero attached hydrogens (tertiary/aromatic N) is 2. The molecule has 0 aromatic heterocycles. The van der Waals surface area contributed by atoms with Gasteiger partial charge in [0.25, 0.3) is 15.9 Å². The first-order valence-corrected chi connectivity index (χ1v) is 11.5. The summed E-state index contributed by atoms with van der Waals surface area (Å²) in [4.78, 5) is 12.5. The number of methoxy groups -OCH3 is 2. The van der Waals surface area contributed by atoms with E-state index in [1.165, 1.54) is 38.6 Å². The first-order valence-electron chi connectivity index (χ1n) is 9.72. The molecule has 172 valence electrons. The molecule has 10 heteroatoms. The fraction of sp³-hybridized carbons (Fsp3) is 0.130. The van der Waals surface area contributed by atoms with Gasteiger partial charge in [-0.2, -0.15) is 5.10 Å². The van der Waals surface area contributed by atoms with E-state index in [0.29, 0.717) is 22.0 Å². The second-order valence-corrected chi connectivity index (χ2v) is 9.01. The number of benzene rings is 3. The highest BCUT2D eigenvalue weighted by Crippen LogP contribution is 2.32. The average Bonchev–Trinajstić information content (AvgIpc) is 2.82. The van der Waals surface area contributed by atoms with Gasteiger partial charge in [0.15, 0.2) is 11.5 Å². The second kappa shape index (κ2) is 10.8. The van der Waals surface area contributed by atoms with E-state index in [9.17, 15) is 13.2 Å². The highest BCUT2D eigenvalue weighted by atomic mass is 35.5. The molecule has 0 aliphatic rings. The van der Waals surface area contributed by atoms with Gasteiger partial charge in [0.2, 0.25) is 0 Å². The minimum Gasteiger partial charge on any atom is -0.493 e. The van der Waals surface area contributed by atoms with Crippen LogP contribution in [0, 0.1) is 0 Å². The molecule has 0 bridgehead atoms. The lowest BCUT2D eigenvalue weighted by atomic mass is 10.2. The summed E-state index contributed by atoms with van der Waals surface area (Å²) in [6.45, 7) is -0.492. The van der Waals surface area contributed by atoms with Crippen LogP contribution in [0.5, 0.6) is 11.5 Å². The van der Waals surface area contributed by atoms with Crippen molar-refractivity contribution >= 4 is 39.4 Å². The van der Waals surface area contributed by atoms with Crippen LogP contribution in [0.2, 0.25) is 5.02 Å². The zero-order valence-corrected chi connectivity index (χ0v) is 19.5. The molecule has 0 spiro atoms. The van der Waals surface area contributed by atoms with Crippen LogP contribution in [0.1, 0.15) is 5.56 Å². The summed E-state index contributed by atoms with van der Waals surface area (Å²) >= 11 is 5.93. The lowest BCUT2D eigenvalue weighted by molar-refractivity contribution is -0.119. The van der Waals surface area contributed by atoms with E-state index in [1.807, 2.05) is 0 Å². The number of sulfonamides is 1. The number of hydrogen-bond donors (Lipinski definition) is 1. The van der Waals surface area contributed by atoms with Gasteiger partial charge in [0.1, 0.15) is 6.54 Å². The van der Waals surface area contributed by atoms with E-state index in [0.717, 1.165) is 4.31 Å². The Hall–Kier alpha value is -3.56. The van der Waals surface area contributed by atoms with Crippen LogP contribution < -0.4 is 19.2 Å². The summed E-state index contributed by atoms with van der Waals surface area (Å²) < 4.78 is 38.3. The predicted octanol–water partition coefficient (Wildman–Crippen LogP) is 3.70. The standard InChI is InChI=1S/C23H22ClN3O5S/c1-31-21-12-11-20(14-22(21)32-2)33(29,30)27(19-9-4-3-5-10-19)16-23(28)26-25-15-17-7-6-8-18(24)13-17/h3-15H,16H2,1-2H3,(H,26,28)/b25-15-. The first-order chi connectivity index (χ1) is 15.8. The molecule has 0 atom stereocenters. The predicted molar refractivity (Wildman–Crippen MR) is 128 cm³/mol. The minimum atomic E-state index is -4.12. The van der Waals surface area contributed by atoms with Crippen molar-refractivity contribution in [1.29, 1.82) is 0 Å². The average molecular weight is 488 g/mol. The lowest BCUT2D eigenvalue weighted by Gasteiger charge is -2.24. The van der Waals surface area contributed by atoms with Gasteiger partial charge in [-0.25, -0.2) is 13.8 Å². The maximum atomic E-state index is 13.5. The number of anilines is 1. The number of carbonyl (C=O) groups is 1. The molecule has 3 aromatic rings. The smallest absolute Gasteiger partial charge is 0.264 e.